The summed E-state index contributed by atoms with van der Waals surface area (Å²) in [5.41, 5.74) is -0.120. The number of benzene rings is 2. The molecule has 1 saturated heterocycles. The van der Waals surface area contributed by atoms with E-state index in [0.717, 1.165) is 24.3 Å². The van der Waals surface area contributed by atoms with E-state index in [1.54, 1.807) is 57.2 Å². The molecule has 0 bridgehead atoms. The van der Waals surface area contributed by atoms with E-state index in [4.69, 9.17) is 4.74 Å². The van der Waals surface area contributed by atoms with E-state index in [2.05, 4.69) is 12.2 Å². The van der Waals surface area contributed by atoms with Gasteiger partial charge in [0.25, 0.3) is 12.3 Å². The second-order valence-electron chi connectivity index (χ2n) is 10.3. The number of imidazole rings is 1. The average molecular weight is 534 g/mol. The Bertz CT molecular complexity index is 1340. The van der Waals surface area contributed by atoms with Crippen LogP contribution in [0, 0.1) is 0 Å². The minimum absolute atomic E-state index is 0.205. The number of fused-ring (bicyclic) bond motifs is 1. The summed E-state index contributed by atoms with van der Waals surface area (Å²) in [5, 5.41) is 13.9. The number of hydrogen-bond acceptors (Lipinski definition) is 5. The number of rotatable bonds is 8. The predicted octanol–water partition coefficient (Wildman–Crippen LogP) is 4.78. The highest BCUT2D eigenvalue weighted by Crippen LogP contribution is 2.30. The zero-order valence-corrected chi connectivity index (χ0v) is 22.3. The molecule has 1 aliphatic heterocycles. The van der Waals surface area contributed by atoms with E-state index in [9.17, 15) is 23.5 Å². The third-order valence-electron chi connectivity index (χ3n) is 7.01. The Labute approximate surface area is 218 Å². The minimum Gasteiger partial charge on any atom is -0.488 e. The molecule has 200 valence electrons. The molecule has 37 heavy (non-hydrogen) atoms. The zero-order valence-electron chi connectivity index (χ0n) is 21.5. The number of carbonyl (C=O) groups is 1. The predicted molar refractivity (Wildman–Crippen MR) is 142 cm³/mol. The first-order chi connectivity index (χ1) is 17.4. The van der Waals surface area contributed by atoms with Gasteiger partial charge in [0, 0.05) is 17.2 Å². The summed E-state index contributed by atoms with van der Waals surface area (Å²) in [4.78, 5) is 27.0. The van der Waals surface area contributed by atoms with Gasteiger partial charge in [-0.25, -0.2) is 13.6 Å². The summed E-state index contributed by atoms with van der Waals surface area (Å²) in [6.07, 6.45) is -0.862. The number of hydrogen-bond donors (Lipinski definition) is 2. The van der Waals surface area contributed by atoms with E-state index < -0.39 is 30.4 Å². The number of ether oxygens (including phenoxy) is 1. The molecule has 1 aliphatic rings. The van der Waals surface area contributed by atoms with Gasteiger partial charge in [0.05, 0.1) is 28.4 Å². The van der Waals surface area contributed by atoms with Crippen LogP contribution in [0.2, 0.25) is 0 Å². The molecule has 4 rings (SSSR count). The van der Waals surface area contributed by atoms with E-state index in [0.29, 0.717) is 22.3 Å². The molecule has 7 nitrogen and oxygen atoms in total. The quantitative estimate of drug-likeness (QED) is 0.435. The molecule has 2 heterocycles. The van der Waals surface area contributed by atoms with Crippen molar-refractivity contribution in [3.8, 4) is 11.4 Å². The molecule has 1 fully saturated rings. The summed E-state index contributed by atoms with van der Waals surface area (Å²) < 4.78 is 33.4. The molecule has 0 radical (unpaired) electrons. The summed E-state index contributed by atoms with van der Waals surface area (Å²) in [5.74, 6) is 1.96. The zero-order chi connectivity index (χ0) is 27.0. The molecule has 0 aliphatic carbocycles. The summed E-state index contributed by atoms with van der Waals surface area (Å²) in [6.45, 7) is 6.26. The van der Waals surface area contributed by atoms with Gasteiger partial charge in [-0.3, -0.25) is 13.9 Å². The van der Waals surface area contributed by atoms with Gasteiger partial charge in [-0.1, -0.05) is 6.07 Å². The second kappa shape index (κ2) is 10.5. The van der Waals surface area contributed by atoms with Gasteiger partial charge in [0.2, 0.25) is 0 Å². The van der Waals surface area contributed by atoms with Crippen molar-refractivity contribution in [2.24, 2.45) is 0 Å². The first-order valence-electron chi connectivity index (χ1n) is 12.3. The molecule has 1 amide bonds. The standard InChI is InChI=1S/C27H33F2N3O4S/c1-17(26(2,3)35)31-22-14-18(24(33)30-27(4)10-12-37-13-11-27)8-9-21(22)32(25(31)34)19-6-5-7-20(15-19)36-16-23(28)29/h5-9,14-15,17,23,35H,10-13,16H2,1-4H3,(H,30,33). The van der Waals surface area contributed by atoms with Crippen LogP contribution in [0.1, 0.15) is 56.9 Å². The van der Waals surface area contributed by atoms with Crippen molar-refractivity contribution in [2.75, 3.05) is 18.1 Å². The monoisotopic (exact) mass is 533 g/mol. The number of halogens is 2. The van der Waals surface area contributed by atoms with Crippen LogP contribution in [0.4, 0.5) is 8.78 Å². The lowest BCUT2D eigenvalue weighted by Crippen LogP contribution is -2.48. The number of thioether (sulfide) groups is 1. The van der Waals surface area contributed by atoms with Crippen LogP contribution in [-0.2, 0) is 0 Å². The molecule has 1 unspecified atom stereocenters. The van der Waals surface area contributed by atoms with Crippen molar-refractivity contribution < 1.29 is 23.4 Å². The fraction of sp³-hybridized carbons (Fsp3) is 0.481. The van der Waals surface area contributed by atoms with Crippen LogP contribution in [0.15, 0.2) is 47.3 Å². The Morgan fingerprint density at radius 1 is 1.19 bits per heavy atom. The Kier molecular flexibility index (Phi) is 7.71. The lowest BCUT2D eigenvalue weighted by Gasteiger charge is -2.34. The number of amides is 1. The van der Waals surface area contributed by atoms with Crippen molar-refractivity contribution in [2.45, 2.75) is 64.1 Å². The third kappa shape index (κ3) is 5.85. The Hall–Kier alpha value is -2.85. The lowest BCUT2D eigenvalue weighted by molar-refractivity contribution is 0.0307. The number of nitrogens with one attached hydrogen (secondary N) is 1. The van der Waals surface area contributed by atoms with Crippen molar-refractivity contribution >= 4 is 28.7 Å². The SMILES string of the molecule is CC(n1c(=O)n(-c2cccc(OCC(F)F)c2)c2ccc(C(=O)NC3(C)CCSCC3)cc21)C(C)(C)O. The highest BCUT2D eigenvalue weighted by molar-refractivity contribution is 7.99. The van der Waals surface area contributed by atoms with Gasteiger partial charge in [-0.2, -0.15) is 11.8 Å². The lowest BCUT2D eigenvalue weighted by atomic mass is 9.94. The second-order valence-corrected chi connectivity index (χ2v) is 11.6. The van der Waals surface area contributed by atoms with Crippen LogP contribution in [0.5, 0.6) is 5.75 Å². The number of aliphatic hydroxyl groups is 1. The maximum absolute atomic E-state index is 13.8. The van der Waals surface area contributed by atoms with E-state index >= 15 is 0 Å². The van der Waals surface area contributed by atoms with Crippen LogP contribution >= 0.6 is 11.8 Å². The fourth-order valence-electron chi connectivity index (χ4n) is 4.47. The van der Waals surface area contributed by atoms with Crippen LogP contribution in [0.25, 0.3) is 16.7 Å². The van der Waals surface area contributed by atoms with Gasteiger partial charge in [0.15, 0.2) is 0 Å². The fourth-order valence-corrected chi connectivity index (χ4v) is 5.86. The van der Waals surface area contributed by atoms with Crippen molar-refractivity contribution in [3.05, 3.63) is 58.5 Å². The summed E-state index contributed by atoms with van der Waals surface area (Å²) >= 11 is 1.88. The number of alkyl halides is 2. The average Bonchev–Trinajstić information content (AvgIpc) is 3.12. The molecule has 0 spiro atoms. The van der Waals surface area contributed by atoms with Crippen molar-refractivity contribution in [1.29, 1.82) is 0 Å². The molecule has 1 atom stereocenters. The molecule has 2 N–H and O–H groups in total. The number of nitrogens with zero attached hydrogens (tertiary/aromatic N) is 2. The molecular weight excluding hydrogens is 500 g/mol. The van der Waals surface area contributed by atoms with Crippen LogP contribution in [0.3, 0.4) is 0 Å². The largest absolute Gasteiger partial charge is 0.488 e. The molecule has 3 aromatic rings. The van der Waals surface area contributed by atoms with Crippen LogP contribution in [-0.4, -0.2) is 55.8 Å². The Balaban J connectivity index is 1.81. The minimum atomic E-state index is -2.62. The first kappa shape index (κ1) is 27.2. The Morgan fingerprint density at radius 3 is 2.54 bits per heavy atom. The Morgan fingerprint density at radius 2 is 1.89 bits per heavy atom. The number of aromatic nitrogens is 2. The summed E-state index contributed by atoms with van der Waals surface area (Å²) in [7, 11) is 0. The molecule has 2 aromatic carbocycles. The summed E-state index contributed by atoms with van der Waals surface area (Å²) in [6, 6.07) is 10.8. The third-order valence-corrected chi connectivity index (χ3v) is 7.99. The molecular formula is C27H33F2N3O4S. The maximum atomic E-state index is 13.8. The van der Waals surface area contributed by atoms with Gasteiger partial charge in [-0.15, -0.1) is 0 Å². The highest BCUT2D eigenvalue weighted by atomic mass is 32.2. The molecule has 0 saturated carbocycles. The van der Waals surface area contributed by atoms with Gasteiger partial charge in [-0.05, 0) is 82.4 Å². The number of carbonyl (C=O) groups excluding carboxylic acids is 1. The maximum Gasteiger partial charge on any atom is 0.334 e. The van der Waals surface area contributed by atoms with E-state index in [-0.39, 0.29) is 17.2 Å². The van der Waals surface area contributed by atoms with Gasteiger partial charge >= 0.3 is 5.69 Å². The van der Waals surface area contributed by atoms with Crippen molar-refractivity contribution in [1.82, 2.24) is 14.5 Å². The van der Waals surface area contributed by atoms with E-state index in [1.165, 1.54) is 15.2 Å². The van der Waals surface area contributed by atoms with Gasteiger partial charge < -0.3 is 15.2 Å². The topological polar surface area (TPSA) is 85.5 Å². The normalized spacial score (nSPS) is 16.6. The first-order valence-corrected chi connectivity index (χ1v) is 13.5. The van der Waals surface area contributed by atoms with E-state index in [1.807, 2.05) is 11.8 Å². The molecule has 1 aromatic heterocycles. The van der Waals surface area contributed by atoms with Crippen LogP contribution < -0.4 is 15.7 Å². The molecule has 10 heteroatoms. The van der Waals surface area contributed by atoms with Gasteiger partial charge in [0.1, 0.15) is 12.4 Å². The van der Waals surface area contributed by atoms with Crippen molar-refractivity contribution in [3.63, 3.8) is 0 Å². The smallest absolute Gasteiger partial charge is 0.334 e. The highest BCUT2D eigenvalue weighted by Gasteiger charge is 2.31.